The summed E-state index contributed by atoms with van der Waals surface area (Å²) in [6.45, 7) is 4.96. The van der Waals surface area contributed by atoms with Crippen LogP contribution in [0.25, 0.3) is 0 Å². The normalized spacial score (nSPS) is 16.1. The van der Waals surface area contributed by atoms with Crippen molar-refractivity contribution in [2.75, 3.05) is 37.5 Å². The smallest absolute Gasteiger partial charge is 0.322 e. The summed E-state index contributed by atoms with van der Waals surface area (Å²) >= 11 is 0. The molecule has 19 heavy (non-hydrogen) atoms. The summed E-state index contributed by atoms with van der Waals surface area (Å²) in [7, 11) is 1.56. The van der Waals surface area contributed by atoms with Crippen LogP contribution in [0.3, 0.4) is 0 Å². The lowest BCUT2D eigenvalue weighted by Crippen LogP contribution is -2.35. The van der Waals surface area contributed by atoms with E-state index in [4.69, 9.17) is 4.74 Å². The third-order valence-electron chi connectivity index (χ3n) is 2.94. The maximum Gasteiger partial charge on any atom is 0.322 e. The summed E-state index contributed by atoms with van der Waals surface area (Å²) in [4.78, 5) is 12.7. The number of ether oxygens (including phenoxy) is 1. The van der Waals surface area contributed by atoms with Crippen LogP contribution in [0.4, 0.5) is 11.9 Å². The first-order chi connectivity index (χ1) is 9.31. The first kappa shape index (κ1) is 13.8. The van der Waals surface area contributed by atoms with Gasteiger partial charge in [-0.15, -0.1) is 0 Å². The number of hydrazine groups is 1. The fourth-order valence-corrected chi connectivity index (χ4v) is 1.96. The summed E-state index contributed by atoms with van der Waals surface area (Å²) in [5.74, 6) is 1.08. The second-order valence-corrected chi connectivity index (χ2v) is 4.56. The van der Waals surface area contributed by atoms with E-state index in [-0.39, 0.29) is 0 Å². The van der Waals surface area contributed by atoms with Crippen molar-refractivity contribution >= 4 is 11.9 Å². The molecule has 0 aliphatic carbocycles. The van der Waals surface area contributed by atoms with Gasteiger partial charge < -0.3 is 10.1 Å². The molecule has 0 radical (unpaired) electrons. The van der Waals surface area contributed by atoms with E-state index in [2.05, 4.69) is 37.6 Å². The van der Waals surface area contributed by atoms with Crippen LogP contribution < -0.4 is 15.5 Å². The Hall–Kier alpha value is -1.63. The van der Waals surface area contributed by atoms with Gasteiger partial charge in [-0.1, -0.05) is 13.3 Å². The largest absolute Gasteiger partial charge is 0.467 e. The molecule has 1 aromatic rings. The molecule has 2 heterocycles. The van der Waals surface area contributed by atoms with Gasteiger partial charge in [-0.3, -0.25) is 5.43 Å². The number of rotatable bonds is 6. The molecule has 0 aromatic carbocycles. The molecule has 2 N–H and O–H groups in total. The zero-order valence-corrected chi connectivity index (χ0v) is 11.6. The van der Waals surface area contributed by atoms with Crippen molar-refractivity contribution in [1.82, 2.24) is 20.0 Å². The Bertz CT molecular complexity index is 394. The Morgan fingerprint density at radius 1 is 1.11 bits per heavy atom. The van der Waals surface area contributed by atoms with Crippen LogP contribution in [0.2, 0.25) is 0 Å². The van der Waals surface area contributed by atoms with Gasteiger partial charge in [0.25, 0.3) is 0 Å². The fourth-order valence-electron chi connectivity index (χ4n) is 1.96. The van der Waals surface area contributed by atoms with Crippen LogP contribution in [0.15, 0.2) is 0 Å². The molecule has 0 bridgehead atoms. The topological polar surface area (TPSA) is 75.2 Å². The minimum Gasteiger partial charge on any atom is -0.467 e. The Balaban J connectivity index is 2.04. The molecule has 0 spiro atoms. The predicted molar refractivity (Wildman–Crippen MR) is 74.2 cm³/mol. The zero-order valence-electron chi connectivity index (χ0n) is 11.6. The molecule has 2 rings (SSSR count). The number of anilines is 2. The number of methoxy groups -OCH3 is 1. The van der Waals surface area contributed by atoms with E-state index in [0.717, 1.165) is 26.1 Å². The number of aromatic nitrogens is 3. The van der Waals surface area contributed by atoms with Gasteiger partial charge in [0.1, 0.15) is 0 Å². The lowest BCUT2D eigenvalue weighted by molar-refractivity contribution is 0.270. The van der Waals surface area contributed by atoms with Crippen LogP contribution in [-0.4, -0.2) is 46.7 Å². The van der Waals surface area contributed by atoms with Gasteiger partial charge in [0, 0.05) is 19.6 Å². The van der Waals surface area contributed by atoms with Crippen molar-refractivity contribution in [3.05, 3.63) is 0 Å². The lowest BCUT2D eigenvalue weighted by Gasteiger charge is -2.26. The highest BCUT2D eigenvalue weighted by Crippen LogP contribution is 2.14. The monoisotopic (exact) mass is 266 g/mol. The SMILES string of the molecule is CCCNc1nc(NN2CCCCC2)nc(OC)n1. The van der Waals surface area contributed by atoms with Gasteiger partial charge in [0.15, 0.2) is 0 Å². The zero-order chi connectivity index (χ0) is 13.5. The first-order valence-corrected chi connectivity index (χ1v) is 6.87. The summed E-state index contributed by atoms with van der Waals surface area (Å²) in [6, 6.07) is 0.327. The molecule has 1 fully saturated rings. The molecular formula is C12H22N6O. The highest BCUT2D eigenvalue weighted by molar-refractivity contribution is 5.35. The van der Waals surface area contributed by atoms with E-state index in [1.54, 1.807) is 7.11 Å². The highest BCUT2D eigenvalue weighted by atomic mass is 16.5. The molecule has 0 amide bonds. The molecular weight excluding hydrogens is 244 g/mol. The number of hydrogen-bond acceptors (Lipinski definition) is 7. The number of nitrogens with one attached hydrogen (secondary N) is 2. The molecule has 1 aromatic heterocycles. The molecule has 7 heteroatoms. The Labute approximate surface area is 113 Å². The average molecular weight is 266 g/mol. The Morgan fingerprint density at radius 2 is 1.84 bits per heavy atom. The van der Waals surface area contributed by atoms with Gasteiger partial charge in [0.05, 0.1) is 7.11 Å². The first-order valence-electron chi connectivity index (χ1n) is 6.87. The Morgan fingerprint density at radius 3 is 2.53 bits per heavy atom. The molecule has 0 unspecified atom stereocenters. The van der Waals surface area contributed by atoms with Crippen molar-refractivity contribution in [3.8, 4) is 6.01 Å². The van der Waals surface area contributed by atoms with E-state index < -0.39 is 0 Å². The molecule has 106 valence electrons. The lowest BCUT2D eigenvalue weighted by atomic mass is 10.2. The van der Waals surface area contributed by atoms with Crippen LogP contribution in [-0.2, 0) is 0 Å². The van der Waals surface area contributed by atoms with Gasteiger partial charge in [-0.25, -0.2) is 5.01 Å². The fraction of sp³-hybridized carbons (Fsp3) is 0.750. The maximum atomic E-state index is 5.10. The second kappa shape index (κ2) is 7.08. The number of piperidine rings is 1. The van der Waals surface area contributed by atoms with Crippen molar-refractivity contribution in [1.29, 1.82) is 0 Å². The summed E-state index contributed by atoms with van der Waals surface area (Å²) < 4.78 is 5.10. The van der Waals surface area contributed by atoms with Crippen LogP contribution in [0.5, 0.6) is 6.01 Å². The number of nitrogens with zero attached hydrogens (tertiary/aromatic N) is 4. The molecule has 1 aliphatic rings. The van der Waals surface area contributed by atoms with E-state index >= 15 is 0 Å². The van der Waals surface area contributed by atoms with E-state index in [1.807, 2.05) is 0 Å². The molecule has 7 nitrogen and oxygen atoms in total. The summed E-state index contributed by atoms with van der Waals surface area (Å²) in [5.41, 5.74) is 3.22. The van der Waals surface area contributed by atoms with Gasteiger partial charge >= 0.3 is 6.01 Å². The van der Waals surface area contributed by atoms with Crippen molar-refractivity contribution in [2.45, 2.75) is 32.6 Å². The minimum atomic E-state index is 0.327. The second-order valence-electron chi connectivity index (χ2n) is 4.56. The quantitative estimate of drug-likeness (QED) is 0.808. The van der Waals surface area contributed by atoms with E-state index in [9.17, 15) is 0 Å². The van der Waals surface area contributed by atoms with Crippen LogP contribution in [0.1, 0.15) is 32.6 Å². The Kier molecular flexibility index (Phi) is 5.14. The predicted octanol–water partition coefficient (Wildman–Crippen LogP) is 1.51. The average Bonchev–Trinajstić information content (AvgIpc) is 2.46. The highest BCUT2D eigenvalue weighted by Gasteiger charge is 2.13. The van der Waals surface area contributed by atoms with Gasteiger partial charge in [-0.2, -0.15) is 15.0 Å². The maximum absolute atomic E-state index is 5.10. The molecule has 0 saturated carbocycles. The van der Waals surface area contributed by atoms with Crippen LogP contribution in [0, 0.1) is 0 Å². The molecule has 1 aliphatic heterocycles. The van der Waals surface area contributed by atoms with Crippen molar-refractivity contribution in [3.63, 3.8) is 0 Å². The van der Waals surface area contributed by atoms with Crippen LogP contribution >= 0.6 is 0 Å². The van der Waals surface area contributed by atoms with E-state index in [0.29, 0.717) is 17.9 Å². The van der Waals surface area contributed by atoms with E-state index in [1.165, 1.54) is 19.3 Å². The molecule has 0 atom stereocenters. The minimum absolute atomic E-state index is 0.327. The molecule has 1 saturated heterocycles. The third kappa shape index (κ3) is 4.20. The van der Waals surface area contributed by atoms with Gasteiger partial charge in [0.2, 0.25) is 11.9 Å². The third-order valence-corrected chi connectivity index (χ3v) is 2.94. The summed E-state index contributed by atoms with van der Waals surface area (Å²) in [5, 5.41) is 5.29. The standard InChI is InChI=1S/C12H22N6O/c1-3-7-13-10-14-11(16-12(15-10)19-2)17-18-8-5-4-6-9-18/h3-9H2,1-2H3,(H2,13,14,15,16,17). The van der Waals surface area contributed by atoms with Gasteiger partial charge in [-0.05, 0) is 19.3 Å². The van der Waals surface area contributed by atoms with Crippen molar-refractivity contribution < 1.29 is 4.74 Å². The summed E-state index contributed by atoms with van der Waals surface area (Å²) in [6.07, 6.45) is 4.72. The number of hydrogen-bond donors (Lipinski definition) is 2. The van der Waals surface area contributed by atoms with Crippen molar-refractivity contribution in [2.24, 2.45) is 0 Å².